The van der Waals surface area contributed by atoms with Crippen molar-refractivity contribution >= 4 is 17.5 Å². The highest BCUT2D eigenvalue weighted by atomic mass is 19.3. The van der Waals surface area contributed by atoms with Crippen LogP contribution in [0.3, 0.4) is 0 Å². The van der Waals surface area contributed by atoms with Crippen LogP contribution >= 0.6 is 0 Å². The fraction of sp³-hybridized carbons (Fsp3) is 0.500. The molecule has 41 heavy (non-hydrogen) atoms. The molecule has 9 nitrogen and oxygen atoms in total. The number of fused-ring (bicyclic) bond motifs is 1. The predicted octanol–water partition coefficient (Wildman–Crippen LogP) is 6.23. The Hall–Kier alpha value is -3.89. The summed E-state index contributed by atoms with van der Waals surface area (Å²) < 4.78 is 50.2. The van der Waals surface area contributed by atoms with Crippen LogP contribution in [-0.2, 0) is 4.74 Å². The number of hydrogen-bond donors (Lipinski definition) is 0. The lowest BCUT2D eigenvalue weighted by Crippen LogP contribution is -2.35. The van der Waals surface area contributed by atoms with E-state index in [1.165, 1.54) is 13.2 Å². The summed E-state index contributed by atoms with van der Waals surface area (Å²) in [5.41, 5.74) is 1.19. The summed E-state index contributed by atoms with van der Waals surface area (Å²) in [5.74, 6) is 0.756. The molecule has 1 atom stereocenters. The molecule has 11 heteroatoms. The lowest BCUT2D eigenvalue weighted by molar-refractivity contribution is -0.0502. The van der Waals surface area contributed by atoms with Gasteiger partial charge in [0.2, 0.25) is 0 Å². The van der Waals surface area contributed by atoms with E-state index < -0.39 is 12.2 Å². The number of benzene rings is 1. The number of nitrogens with zero attached hydrogens (tertiary/aromatic N) is 3. The van der Waals surface area contributed by atoms with Crippen molar-refractivity contribution in [1.29, 1.82) is 0 Å². The molecule has 0 spiro atoms. The van der Waals surface area contributed by atoms with E-state index in [9.17, 15) is 18.4 Å². The van der Waals surface area contributed by atoms with Crippen LogP contribution in [0.4, 0.5) is 13.6 Å². The van der Waals surface area contributed by atoms with Crippen molar-refractivity contribution in [3.8, 4) is 28.5 Å². The zero-order valence-electron chi connectivity index (χ0n) is 23.7. The van der Waals surface area contributed by atoms with Crippen molar-refractivity contribution in [1.82, 2.24) is 14.3 Å². The maximum Gasteiger partial charge on any atom is 0.410 e. The third kappa shape index (κ3) is 6.89. The summed E-state index contributed by atoms with van der Waals surface area (Å²) in [6.07, 6.45) is 6.08. The van der Waals surface area contributed by atoms with Gasteiger partial charge in [0.15, 0.2) is 5.78 Å². The average Bonchev–Trinajstić information content (AvgIpc) is 3.41. The van der Waals surface area contributed by atoms with E-state index in [4.69, 9.17) is 18.9 Å². The van der Waals surface area contributed by atoms with Crippen LogP contribution in [0.25, 0.3) is 16.9 Å². The number of methoxy groups -OCH3 is 1. The molecule has 0 radical (unpaired) electrons. The smallest absolute Gasteiger partial charge is 0.410 e. The quantitative estimate of drug-likeness (QED) is 0.267. The highest BCUT2D eigenvalue weighted by Crippen LogP contribution is 2.40. The number of imidazole rings is 1. The first-order valence-corrected chi connectivity index (χ1v) is 13.8. The Morgan fingerprint density at radius 3 is 2.54 bits per heavy atom. The molecule has 2 fully saturated rings. The maximum atomic E-state index is 13.3. The summed E-state index contributed by atoms with van der Waals surface area (Å²) >= 11 is 0. The van der Waals surface area contributed by atoms with Crippen molar-refractivity contribution in [2.75, 3.05) is 26.8 Å². The van der Waals surface area contributed by atoms with Gasteiger partial charge in [-0.2, -0.15) is 8.78 Å². The standard InChI is InChI=1S/C30H35F2N3O6/c1-30(2,3)41-29(37)34-9-7-19(16-34)17-39-21-8-10-35-22(15-33-26(35)14-21)20-12-24(38-4)27(23(36)11-18-5-6-18)25(13-20)40-28(31)32/h8,10,12-15,18-19,28H,5-7,9,11,16-17H2,1-4H3/t19-/m1/s1. The number of Topliss-reactive ketones (excluding diaryl/α,β-unsaturated/α-hetero) is 1. The van der Waals surface area contributed by atoms with Crippen LogP contribution in [-0.4, -0.2) is 65.2 Å². The highest BCUT2D eigenvalue weighted by Gasteiger charge is 2.31. The molecule has 1 amide bonds. The second-order valence-corrected chi connectivity index (χ2v) is 11.6. The zero-order chi connectivity index (χ0) is 29.3. The number of alkyl halides is 2. The van der Waals surface area contributed by atoms with Crippen LogP contribution < -0.4 is 14.2 Å². The fourth-order valence-electron chi connectivity index (χ4n) is 4.99. The van der Waals surface area contributed by atoms with Gasteiger partial charge >= 0.3 is 12.7 Å². The van der Waals surface area contributed by atoms with Crippen LogP contribution in [0, 0.1) is 11.8 Å². The number of ketones is 1. The topological polar surface area (TPSA) is 91.6 Å². The van der Waals surface area contributed by atoms with Crippen molar-refractivity contribution in [2.24, 2.45) is 11.8 Å². The summed E-state index contributed by atoms with van der Waals surface area (Å²) in [5, 5.41) is 0. The number of likely N-dealkylation sites (tertiary alicyclic amines) is 1. The van der Waals surface area contributed by atoms with Gasteiger partial charge in [0.1, 0.15) is 34.1 Å². The SMILES string of the molecule is COc1cc(-c2cnc3cc(OC[C@@H]4CCN(C(=O)OC(C)(C)C)C4)ccn23)cc(OC(F)F)c1C(=O)CC1CC1. The molecular formula is C30H35F2N3O6. The number of carbonyl (C=O) groups is 2. The van der Waals surface area contributed by atoms with Gasteiger partial charge in [0.25, 0.3) is 0 Å². The molecule has 3 heterocycles. The number of carbonyl (C=O) groups excluding carboxylic acids is 2. The normalized spacial score (nSPS) is 17.2. The first-order chi connectivity index (χ1) is 19.5. The number of halogens is 2. The van der Waals surface area contributed by atoms with Gasteiger partial charge in [-0.1, -0.05) is 0 Å². The van der Waals surface area contributed by atoms with E-state index in [2.05, 4.69) is 4.98 Å². The molecule has 1 saturated heterocycles. The lowest BCUT2D eigenvalue weighted by atomic mass is 10.00. The summed E-state index contributed by atoms with van der Waals surface area (Å²) in [7, 11) is 1.40. The van der Waals surface area contributed by atoms with E-state index in [-0.39, 0.29) is 47.2 Å². The van der Waals surface area contributed by atoms with Crippen molar-refractivity contribution in [3.05, 3.63) is 42.2 Å². The van der Waals surface area contributed by atoms with Gasteiger partial charge < -0.3 is 23.8 Å². The van der Waals surface area contributed by atoms with E-state index in [1.807, 2.05) is 20.8 Å². The molecule has 0 bridgehead atoms. The van der Waals surface area contributed by atoms with E-state index >= 15 is 0 Å². The lowest BCUT2D eigenvalue weighted by Gasteiger charge is -2.24. The van der Waals surface area contributed by atoms with Crippen LogP contribution in [0.15, 0.2) is 36.7 Å². The third-order valence-electron chi connectivity index (χ3n) is 7.16. The predicted molar refractivity (Wildman–Crippen MR) is 147 cm³/mol. The zero-order valence-corrected chi connectivity index (χ0v) is 23.7. The van der Waals surface area contributed by atoms with Crippen molar-refractivity contribution in [3.63, 3.8) is 0 Å². The molecule has 1 aromatic carbocycles. The molecule has 0 N–H and O–H groups in total. The van der Waals surface area contributed by atoms with Gasteiger partial charge in [-0.05, 0) is 64.2 Å². The van der Waals surface area contributed by atoms with Crippen molar-refractivity contribution < 1.29 is 37.3 Å². The molecule has 3 aromatic rings. The minimum atomic E-state index is -3.10. The molecule has 2 aromatic heterocycles. The Balaban J connectivity index is 1.32. The number of ether oxygens (including phenoxy) is 4. The maximum absolute atomic E-state index is 13.3. The third-order valence-corrected chi connectivity index (χ3v) is 7.16. The Labute approximate surface area is 237 Å². The number of pyridine rings is 1. The fourth-order valence-corrected chi connectivity index (χ4v) is 4.99. The minimum Gasteiger partial charge on any atom is -0.496 e. The highest BCUT2D eigenvalue weighted by molar-refractivity contribution is 6.02. The van der Waals surface area contributed by atoms with Crippen molar-refractivity contribution in [2.45, 2.75) is 58.7 Å². The van der Waals surface area contributed by atoms with Crippen LogP contribution in [0.1, 0.15) is 56.8 Å². The molecule has 1 aliphatic carbocycles. The second kappa shape index (κ2) is 11.5. The summed E-state index contributed by atoms with van der Waals surface area (Å²) in [6.45, 7) is 4.06. The largest absolute Gasteiger partial charge is 0.496 e. The monoisotopic (exact) mass is 571 g/mol. The molecule has 1 aliphatic heterocycles. The van der Waals surface area contributed by atoms with Gasteiger partial charge in [0, 0.05) is 43.3 Å². The second-order valence-electron chi connectivity index (χ2n) is 11.6. The first-order valence-electron chi connectivity index (χ1n) is 13.8. The first kappa shape index (κ1) is 28.6. The summed E-state index contributed by atoms with van der Waals surface area (Å²) in [6, 6.07) is 6.65. The van der Waals surface area contributed by atoms with E-state index in [1.54, 1.807) is 39.9 Å². The Kier molecular flexibility index (Phi) is 8.06. The molecule has 220 valence electrons. The molecule has 5 rings (SSSR count). The Morgan fingerprint density at radius 1 is 1.10 bits per heavy atom. The van der Waals surface area contributed by atoms with Gasteiger partial charge in [-0.15, -0.1) is 0 Å². The molecule has 2 aliphatic rings. The van der Waals surface area contributed by atoms with Crippen LogP contribution in [0.5, 0.6) is 17.2 Å². The number of hydrogen-bond acceptors (Lipinski definition) is 7. The van der Waals surface area contributed by atoms with Gasteiger partial charge in [-0.25, -0.2) is 9.78 Å². The Bertz CT molecular complexity index is 1430. The number of aromatic nitrogens is 2. The Morgan fingerprint density at radius 2 is 1.85 bits per heavy atom. The molecule has 0 unspecified atom stereocenters. The van der Waals surface area contributed by atoms with Crippen LogP contribution in [0.2, 0.25) is 0 Å². The van der Waals surface area contributed by atoms with E-state index in [0.717, 1.165) is 19.3 Å². The number of rotatable bonds is 10. The molecular weight excluding hydrogens is 536 g/mol. The number of amides is 1. The molecule has 1 saturated carbocycles. The van der Waals surface area contributed by atoms with E-state index in [0.29, 0.717) is 42.4 Å². The average molecular weight is 572 g/mol. The minimum absolute atomic E-state index is 0.0325. The van der Waals surface area contributed by atoms with Gasteiger partial charge in [-0.3, -0.25) is 9.20 Å². The van der Waals surface area contributed by atoms with Gasteiger partial charge in [0.05, 0.1) is 25.6 Å². The summed E-state index contributed by atoms with van der Waals surface area (Å²) in [4.78, 5) is 31.4.